The summed E-state index contributed by atoms with van der Waals surface area (Å²) in [5.41, 5.74) is 1.16. The number of amidine groups is 1. The Bertz CT molecular complexity index is 921. The molecular formula is C22H28N5O4+. The van der Waals surface area contributed by atoms with Crippen LogP contribution >= 0.6 is 0 Å². The number of hydrogen-bond acceptors (Lipinski definition) is 5. The van der Waals surface area contributed by atoms with Crippen LogP contribution in [0.4, 0.5) is 4.79 Å². The summed E-state index contributed by atoms with van der Waals surface area (Å²) in [6, 6.07) is 8.96. The van der Waals surface area contributed by atoms with Crippen molar-refractivity contribution in [2.45, 2.75) is 25.5 Å². The third-order valence-corrected chi connectivity index (χ3v) is 6.15. The molecule has 2 saturated heterocycles. The number of nitrogens with zero attached hydrogens (tertiary/aromatic N) is 5. The molecule has 0 aliphatic carbocycles. The number of urea groups is 1. The zero-order valence-electron chi connectivity index (χ0n) is 17.9. The van der Waals surface area contributed by atoms with Gasteiger partial charge in [0.05, 0.1) is 6.61 Å². The average molecular weight is 426 g/mol. The van der Waals surface area contributed by atoms with Gasteiger partial charge in [0.15, 0.2) is 6.54 Å². The van der Waals surface area contributed by atoms with Gasteiger partial charge < -0.3 is 9.64 Å². The lowest BCUT2D eigenvalue weighted by Gasteiger charge is -2.33. The number of rotatable bonds is 6. The number of likely N-dealkylation sites (tertiary alicyclic amines) is 1. The van der Waals surface area contributed by atoms with Gasteiger partial charge >= 0.3 is 6.03 Å². The molecule has 4 amide bonds. The summed E-state index contributed by atoms with van der Waals surface area (Å²) in [7, 11) is 3.03. The van der Waals surface area contributed by atoms with Gasteiger partial charge in [-0.15, -0.1) is 0 Å². The maximum Gasteiger partial charge on any atom is 0.333 e. The molecule has 2 fully saturated rings. The van der Waals surface area contributed by atoms with Crippen molar-refractivity contribution in [1.29, 1.82) is 0 Å². The van der Waals surface area contributed by atoms with Crippen LogP contribution < -0.4 is 0 Å². The van der Waals surface area contributed by atoms with Crippen LogP contribution in [0.3, 0.4) is 0 Å². The van der Waals surface area contributed by atoms with Crippen LogP contribution in [0, 0.1) is 5.92 Å². The van der Waals surface area contributed by atoms with Crippen molar-refractivity contribution in [3.63, 3.8) is 0 Å². The van der Waals surface area contributed by atoms with Gasteiger partial charge in [-0.25, -0.2) is 9.37 Å². The van der Waals surface area contributed by atoms with Crippen molar-refractivity contribution >= 4 is 30.0 Å². The topological polar surface area (TPSA) is 85.5 Å². The lowest BCUT2D eigenvalue weighted by atomic mass is 9.97. The summed E-state index contributed by atoms with van der Waals surface area (Å²) in [6.07, 6.45) is 3.28. The second kappa shape index (κ2) is 8.97. The quantitative estimate of drug-likeness (QED) is 0.630. The third-order valence-electron chi connectivity index (χ3n) is 6.15. The highest BCUT2D eigenvalue weighted by atomic mass is 16.5. The van der Waals surface area contributed by atoms with Crippen molar-refractivity contribution in [2.24, 2.45) is 10.9 Å². The van der Waals surface area contributed by atoms with Gasteiger partial charge in [-0.05, 0) is 29.3 Å². The maximum atomic E-state index is 12.8. The Hall–Kier alpha value is -3.07. The number of amides is 4. The number of aliphatic imine (C=N–C) groups is 1. The molecule has 1 aromatic carbocycles. The molecule has 0 bridgehead atoms. The van der Waals surface area contributed by atoms with Crippen molar-refractivity contribution in [3.05, 3.63) is 35.9 Å². The van der Waals surface area contributed by atoms with E-state index in [-0.39, 0.29) is 18.4 Å². The highest BCUT2D eigenvalue weighted by molar-refractivity contribution is 6.21. The van der Waals surface area contributed by atoms with E-state index in [0.717, 1.165) is 23.3 Å². The van der Waals surface area contributed by atoms with Crippen LogP contribution in [0.1, 0.15) is 18.4 Å². The van der Waals surface area contributed by atoms with E-state index >= 15 is 0 Å². The number of carbonyl (C=O) groups excluding carboxylic acids is 3. The van der Waals surface area contributed by atoms with Crippen molar-refractivity contribution < 1.29 is 23.7 Å². The normalized spacial score (nSPS) is 21.9. The van der Waals surface area contributed by atoms with E-state index < -0.39 is 12.1 Å². The van der Waals surface area contributed by atoms with Gasteiger partial charge in [0.1, 0.15) is 0 Å². The van der Waals surface area contributed by atoms with Gasteiger partial charge in [-0.3, -0.25) is 19.4 Å². The van der Waals surface area contributed by atoms with E-state index in [0.29, 0.717) is 38.1 Å². The number of carbonyl (C=O) groups is 3. The fourth-order valence-electron chi connectivity index (χ4n) is 4.20. The monoisotopic (exact) mass is 426 g/mol. The molecule has 3 aliphatic rings. The van der Waals surface area contributed by atoms with Gasteiger partial charge in [0, 0.05) is 33.8 Å². The highest BCUT2D eigenvalue weighted by Gasteiger charge is 2.51. The minimum atomic E-state index is -0.722. The fourth-order valence-corrected chi connectivity index (χ4v) is 4.20. The number of likely N-dealkylation sites (N-methyl/N-ethyl adjacent to an activating group) is 2. The molecular weight excluding hydrogens is 398 g/mol. The molecule has 3 heterocycles. The lowest BCUT2D eigenvalue weighted by Crippen LogP contribution is -2.62. The Labute approximate surface area is 181 Å². The number of hydrogen-bond donors (Lipinski definition) is 0. The van der Waals surface area contributed by atoms with Crippen molar-refractivity contribution in [1.82, 2.24) is 14.7 Å². The molecule has 1 unspecified atom stereocenters. The van der Waals surface area contributed by atoms with Crippen LogP contribution in [0.25, 0.3) is 0 Å². The molecule has 31 heavy (non-hydrogen) atoms. The summed E-state index contributed by atoms with van der Waals surface area (Å²) in [5, 5.41) is 0. The van der Waals surface area contributed by atoms with Gasteiger partial charge in [-0.2, -0.15) is 0 Å². The predicted molar refractivity (Wildman–Crippen MR) is 114 cm³/mol. The summed E-state index contributed by atoms with van der Waals surface area (Å²) < 4.78 is 7.48. The number of imide groups is 1. The first-order chi connectivity index (χ1) is 15.0. The maximum absolute atomic E-state index is 12.8. The van der Waals surface area contributed by atoms with Crippen LogP contribution in [0.15, 0.2) is 35.3 Å². The molecule has 4 rings (SSSR count). The Morgan fingerprint density at radius 2 is 1.84 bits per heavy atom. The smallest absolute Gasteiger partial charge is 0.333 e. The van der Waals surface area contributed by atoms with E-state index in [1.807, 2.05) is 35.2 Å². The molecule has 9 heteroatoms. The second-order valence-corrected chi connectivity index (χ2v) is 8.24. The molecule has 3 aliphatic heterocycles. The Morgan fingerprint density at radius 3 is 2.55 bits per heavy atom. The zero-order chi connectivity index (χ0) is 22.0. The van der Waals surface area contributed by atoms with Crippen LogP contribution in [-0.2, 0) is 20.9 Å². The number of benzene rings is 1. The lowest BCUT2D eigenvalue weighted by molar-refractivity contribution is -0.520. The fraction of sp³-hybridized carbons (Fsp3) is 0.500. The molecule has 0 saturated carbocycles. The van der Waals surface area contributed by atoms with Crippen LogP contribution in [-0.4, -0.2) is 95.7 Å². The molecule has 1 atom stereocenters. The van der Waals surface area contributed by atoms with E-state index in [2.05, 4.69) is 4.99 Å². The minimum Gasteiger partial charge on any atom is -0.376 e. The molecule has 164 valence electrons. The van der Waals surface area contributed by atoms with Gasteiger partial charge in [-0.1, -0.05) is 30.3 Å². The van der Waals surface area contributed by atoms with E-state index in [1.54, 1.807) is 11.6 Å². The van der Waals surface area contributed by atoms with Crippen molar-refractivity contribution in [3.8, 4) is 0 Å². The molecule has 9 nitrogen and oxygen atoms in total. The summed E-state index contributed by atoms with van der Waals surface area (Å²) in [5.74, 6) is 0.411. The van der Waals surface area contributed by atoms with E-state index in [1.165, 1.54) is 18.3 Å². The third kappa shape index (κ3) is 4.36. The predicted octanol–water partition coefficient (Wildman–Crippen LogP) is 0.787. The zero-order valence-corrected chi connectivity index (χ0v) is 17.9. The molecule has 0 N–H and O–H groups in total. The standard InChI is InChI=1S/C22H28N5O4/c1-24-20-19(21(29)25(2)22(24)30)27(15-23-20)12-18(28)26-10-8-17(9-11-26)14-31-13-16-6-4-3-5-7-16/h3-7,15,17,19H,8-14H2,1-2H3/q+1. The van der Waals surface area contributed by atoms with Gasteiger partial charge in [0.2, 0.25) is 0 Å². The first-order valence-electron chi connectivity index (χ1n) is 10.6. The highest BCUT2D eigenvalue weighted by Crippen LogP contribution is 2.20. The Balaban J connectivity index is 1.24. The number of ether oxygens (including phenoxy) is 1. The van der Waals surface area contributed by atoms with E-state index in [4.69, 9.17) is 4.74 Å². The average Bonchev–Trinajstić information content (AvgIpc) is 3.21. The summed E-state index contributed by atoms with van der Waals surface area (Å²) in [4.78, 5) is 46.0. The first kappa shape index (κ1) is 21.2. The SMILES string of the molecule is CN1C(=O)C2C(=NC=[N+]2CC(=O)N2CCC(COCc3ccccc3)CC2)N(C)C1=O. The molecule has 0 radical (unpaired) electrons. The summed E-state index contributed by atoms with van der Waals surface area (Å²) >= 11 is 0. The largest absolute Gasteiger partial charge is 0.376 e. The van der Waals surface area contributed by atoms with Crippen molar-refractivity contribution in [2.75, 3.05) is 40.3 Å². The van der Waals surface area contributed by atoms with E-state index in [9.17, 15) is 14.4 Å². The molecule has 0 aromatic heterocycles. The minimum absolute atomic E-state index is 0.0358. The van der Waals surface area contributed by atoms with Gasteiger partial charge in [0.25, 0.3) is 30.0 Å². The second-order valence-electron chi connectivity index (χ2n) is 8.24. The first-order valence-corrected chi connectivity index (χ1v) is 10.6. The number of fused-ring (bicyclic) bond motifs is 1. The number of piperidine rings is 1. The van der Waals surface area contributed by atoms with Crippen LogP contribution in [0.5, 0.6) is 0 Å². The Kier molecular flexibility index (Phi) is 6.13. The molecule has 1 aromatic rings. The molecule has 0 spiro atoms. The van der Waals surface area contributed by atoms with Crippen LogP contribution in [0.2, 0.25) is 0 Å². The summed E-state index contributed by atoms with van der Waals surface area (Å²) in [6.45, 7) is 2.72. The Morgan fingerprint density at radius 1 is 1.13 bits per heavy atom.